The van der Waals surface area contributed by atoms with Gasteiger partial charge in [0.15, 0.2) is 11.5 Å². The highest BCUT2D eigenvalue weighted by molar-refractivity contribution is 7.09. The minimum Gasteiger partial charge on any atom is -0.454 e. The van der Waals surface area contributed by atoms with E-state index in [9.17, 15) is 14.4 Å². The fraction of sp³-hybridized carbons (Fsp3) is 0.316. The molecule has 1 saturated heterocycles. The van der Waals surface area contributed by atoms with Crippen LogP contribution in [0.25, 0.3) is 0 Å². The van der Waals surface area contributed by atoms with Gasteiger partial charge in [0.25, 0.3) is 5.91 Å². The van der Waals surface area contributed by atoms with Crippen molar-refractivity contribution in [1.29, 1.82) is 0 Å². The van der Waals surface area contributed by atoms with Crippen LogP contribution in [0.4, 0.5) is 4.79 Å². The van der Waals surface area contributed by atoms with E-state index in [1.807, 2.05) is 17.5 Å². The second-order valence-electron chi connectivity index (χ2n) is 6.69. The smallest absolute Gasteiger partial charge is 0.325 e. The summed E-state index contributed by atoms with van der Waals surface area (Å²) in [5.74, 6) is 0.247. The Labute approximate surface area is 165 Å². The van der Waals surface area contributed by atoms with Gasteiger partial charge < -0.3 is 20.1 Å². The summed E-state index contributed by atoms with van der Waals surface area (Å²) in [6, 6.07) is 8.42. The van der Waals surface area contributed by atoms with Crippen molar-refractivity contribution < 1.29 is 23.9 Å². The largest absolute Gasteiger partial charge is 0.454 e. The molecule has 146 valence electrons. The number of hydrogen-bond donors (Lipinski definition) is 2. The number of benzene rings is 1. The molecular weight excluding hydrogens is 382 g/mol. The highest BCUT2D eigenvalue weighted by Gasteiger charge is 2.49. The van der Waals surface area contributed by atoms with Crippen molar-refractivity contribution in [3.8, 4) is 11.5 Å². The Bertz CT molecular complexity index is 930. The lowest BCUT2D eigenvalue weighted by Gasteiger charge is -2.22. The maximum atomic E-state index is 12.9. The Kier molecular flexibility index (Phi) is 4.68. The molecule has 0 aliphatic carbocycles. The van der Waals surface area contributed by atoms with Crippen LogP contribution >= 0.6 is 11.3 Å². The molecule has 2 aliphatic heterocycles. The van der Waals surface area contributed by atoms with Crippen LogP contribution in [-0.4, -0.2) is 42.6 Å². The van der Waals surface area contributed by atoms with Gasteiger partial charge in [-0.1, -0.05) is 12.1 Å². The van der Waals surface area contributed by atoms with Gasteiger partial charge in [0.2, 0.25) is 12.7 Å². The average molecular weight is 401 g/mol. The standard InChI is InChI=1S/C19H19N3O5S/c1-19(12-4-5-14-15(9-12)27-11-26-14)17(24)22(18(25)21-19)10-16(23)20-7-6-13-3-2-8-28-13/h2-5,8-9H,6-7,10-11H2,1H3,(H,20,23)(H,21,25)/t19-/m1/s1. The summed E-state index contributed by atoms with van der Waals surface area (Å²) in [5.41, 5.74) is -0.703. The number of carbonyl (C=O) groups excluding carboxylic acids is 3. The van der Waals surface area contributed by atoms with Gasteiger partial charge in [-0.15, -0.1) is 11.3 Å². The van der Waals surface area contributed by atoms with Crippen LogP contribution in [0.5, 0.6) is 11.5 Å². The van der Waals surface area contributed by atoms with E-state index < -0.39 is 17.5 Å². The van der Waals surface area contributed by atoms with Gasteiger partial charge >= 0.3 is 6.03 Å². The summed E-state index contributed by atoms with van der Waals surface area (Å²) < 4.78 is 10.6. The van der Waals surface area contributed by atoms with E-state index in [0.29, 0.717) is 30.0 Å². The molecule has 0 bridgehead atoms. The van der Waals surface area contributed by atoms with Gasteiger partial charge in [0, 0.05) is 11.4 Å². The zero-order valence-corrected chi connectivity index (χ0v) is 16.0. The summed E-state index contributed by atoms with van der Waals surface area (Å²) >= 11 is 1.61. The van der Waals surface area contributed by atoms with Crippen molar-refractivity contribution in [2.45, 2.75) is 18.9 Å². The van der Waals surface area contributed by atoms with Gasteiger partial charge in [0.05, 0.1) is 0 Å². The van der Waals surface area contributed by atoms with E-state index in [2.05, 4.69) is 10.6 Å². The van der Waals surface area contributed by atoms with E-state index in [-0.39, 0.29) is 19.2 Å². The highest BCUT2D eigenvalue weighted by atomic mass is 32.1. The molecule has 0 spiro atoms. The number of ether oxygens (including phenoxy) is 2. The van der Waals surface area contributed by atoms with Crippen LogP contribution in [0.1, 0.15) is 17.4 Å². The monoisotopic (exact) mass is 401 g/mol. The number of urea groups is 1. The number of amides is 4. The number of nitrogens with zero attached hydrogens (tertiary/aromatic N) is 1. The number of hydrogen-bond acceptors (Lipinski definition) is 6. The minimum absolute atomic E-state index is 0.119. The van der Waals surface area contributed by atoms with Gasteiger partial charge in [0.1, 0.15) is 12.1 Å². The number of fused-ring (bicyclic) bond motifs is 1. The molecule has 1 atom stereocenters. The molecule has 8 nitrogen and oxygen atoms in total. The normalized spacial score (nSPS) is 20.4. The number of rotatable bonds is 6. The fourth-order valence-electron chi connectivity index (χ4n) is 3.22. The molecule has 28 heavy (non-hydrogen) atoms. The maximum Gasteiger partial charge on any atom is 0.325 e. The van der Waals surface area contributed by atoms with Crippen molar-refractivity contribution in [2.75, 3.05) is 19.9 Å². The van der Waals surface area contributed by atoms with Crippen molar-refractivity contribution in [1.82, 2.24) is 15.5 Å². The van der Waals surface area contributed by atoms with Gasteiger partial charge in [-0.2, -0.15) is 0 Å². The zero-order valence-electron chi connectivity index (χ0n) is 15.2. The first kappa shape index (κ1) is 18.3. The third-order valence-corrected chi connectivity index (χ3v) is 5.74. The quantitative estimate of drug-likeness (QED) is 0.717. The molecule has 0 saturated carbocycles. The third kappa shape index (κ3) is 3.29. The van der Waals surface area contributed by atoms with Crippen LogP contribution in [0.3, 0.4) is 0 Å². The lowest BCUT2D eigenvalue weighted by atomic mass is 9.91. The molecule has 4 amide bonds. The third-order valence-electron chi connectivity index (χ3n) is 4.80. The SMILES string of the molecule is C[C@]1(c2ccc3c(c2)OCO3)NC(=O)N(CC(=O)NCCc2cccs2)C1=O. The Morgan fingerprint density at radius 2 is 2.11 bits per heavy atom. The fourth-order valence-corrected chi connectivity index (χ4v) is 3.93. The molecule has 0 unspecified atom stereocenters. The first-order chi connectivity index (χ1) is 13.5. The second-order valence-corrected chi connectivity index (χ2v) is 7.73. The Hall–Kier alpha value is -3.07. The second kappa shape index (κ2) is 7.16. The highest BCUT2D eigenvalue weighted by Crippen LogP contribution is 2.37. The van der Waals surface area contributed by atoms with Crippen LogP contribution in [-0.2, 0) is 21.5 Å². The number of thiophene rings is 1. The van der Waals surface area contributed by atoms with E-state index in [4.69, 9.17) is 9.47 Å². The molecule has 2 N–H and O–H groups in total. The van der Waals surface area contributed by atoms with Crippen LogP contribution in [0, 0.1) is 0 Å². The number of imide groups is 1. The van der Waals surface area contributed by atoms with Gasteiger partial charge in [-0.3, -0.25) is 14.5 Å². The average Bonchev–Trinajstić information content (AvgIpc) is 3.39. The predicted molar refractivity (Wildman–Crippen MR) is 101 cm³/mol. The summed E-state index contributed by atoms with van der Waals surface area (Å²) in [4.78, 5) is 39.6. The van der Waals surface area contributed by atoms with Crippen molar-refractivity contribution in [3.05, 3.63) is 46.2 Å². The molecule has 1 aromatic carbocycles. The van der Waals surface area contributed by atoms with Crippen LogP contribution < -0.4 is 20.1 Å². The molecule has 4 rings (SSSR count). The van der Waals surface area contributed by atoms with E-state index in [1.54, 1.807) is 36.5 Å². The maximum absolute atomic E-state index is 12.9. The molecule has 2 aromatic rings. The first-order valence-corrected chi connectivity index (χ1v) is 9.68. The molecule has 9 heteroatoms. The summed E-state index contributed by atoms with van der Waals surface area (Å²) in [5, 5.41) is 7.41. The topological polar surface area (TPSA) is 97.0 Å². The zero-order chi connectivity index (χ0) is 19.7. The van der Waals surface area contributed by atoms with Crippen molar-refractivity contribution in [3.63, 3.8) is 0 Å². The molecule has 0 radical (unpaired) electrons. The van der Waals surface area contributed by atoms with Gasteiger partial charge in [-0.25, -0.2) is 4.79 Å². The molecule has 1 aromatic heterocycles. The Morgan fingerprint density at radius 3 is 2.89 bits per heavy atom. The number of nitrogens with one attached hydrogen (secondary N) is 2. The molecule has 3 heterocycles. The van der Waals surface area contributed by atoms with Crippen molar-refractivity contribution in [2.24, 2.45) is 0 Å². The summed E-state index contributed by atoms with van der Waals surface area (Å²) in [6.45, 7) is 1.85. The van der Waals surface area contributed by atoms with Crippen LogP contribution in [0.2, 0.25) is 0 Å². The van der Waals surface area contributed by atoms with E-state index in [0.717, 1.165) is 9.78 Å². The predicted octanol–water partition coefficient (Wildman–Crippen LogP) is 1.60. The van der Waals surface area contributed by atoms with Crippen LogP contribution in [0.15, 0.2) is 35.7 Å². The van der Waals surface area contributed by atoms with E-state index >= 15 is 0 Å². The molecule has 2 aliphatic rings. The van der Waals surface area contributed by atoms with E-state index in [1.165, 1.54) is 0 Å². The molecule has 1 fully saturated rings. The van der Waals surface area contributed by atoms with Crippen molar-refractivity contribution >= 4 is 29.2 Å². The van der Waals surface area contributed by atoms with Gasteiger partial charge in [-0.05, 0) is 42.5 Å². The number of carbonyl (C=O) groups is 3. The first-order valence-electron chi connectivity index (χ1n) is 8.81. The summed E-state index contributed by atoms with van der Waals surface area (Å²) in [6.07, 6.45) is 0.707. The molecular formula is C19H19N3O5S. The minimum atomic E-state index is -1.27. The lowest BCUT2D eigenvalue weighted by Crippen LogP contribution is -2.43. The summed E-state index contributed by atoms with van der Waals surface area (Å²) in [7, 11) is 0. The Morgan fingerprint density at radius 1 is 1.29 bits per heavy atom. The lowest BCUT2D eigenvalue weighted by molar-refractivity contribution is -0.134. The Balaban J connectivity index is 1.41.